The Hall–Kier alpha value is -2.63. The standard InChI is InChI=1S/C11H8N4O2/c12-10(17)7-4-6-2-1-3-8(16)9(6)15-5-13-14-11(7)15/h1-5,16H,(H2,12,17). The van der Waals surface area contributed by atoms with Crippen LogP contribution in [0.2, 0.25) is 0 Å². The number of aromatic hydroxyl groups is 1. The zero-order valence-corrected chi connectivity index (χ0v) is 8.66. The fraction of sp³-hybridized carbons (Fsp3) is 0. The first kappa shape index (κ1) is 9.59. The molecule has 3 aromatic rings. The summed E-state index contributed by atoms with van der Waals surface area (Å²) in [5, 5.41) is 18.1. The quantitative estimate of drug-likeness (QED) is 0.640. The van der Waals surface area contributed by atoms with Crippen molar-refractivity contribution >= 4 is 22.5 Å². The molecular weight excluding hydrogens is 220 g/mol. The van der Waals surface area contributed by atoms with Gasteiger partial charge in [0.1, 0.15) is 12.1 Å². The lowest BCUT2D eigenvalue weighted by Gasteiger charge is -2.06. The number of amides is 1. The fourth-order valence-electron chi connectivity index (χ4n) is 1.91. The minimum absolute atomic E-state index is 0.100. The van der Waals surface area contributed by atoms with E-state index in [1.54, 1.807) is 28.7 Å². The summed E-state index contributed by atoms with van der Waals surface area (Å²) in [4.78, 5) is 11.3. The summed E-state index contributed by atoms with van der Waals surface area (Å²) in [7, 11) is 0. The van der Waals surface area contributed by atoms with Crippen molar-refractivity contribution < 1.29 is 9.90 Å². The number of phenolic OH excluding ortho intramolecular Hbond substituents is 1. The minimum atomic E-state index is -0.576. The van der Waals surface area contributed by atoms with Crippen molar-refractivity contribution in [1.82, 2.24) is 14.6 Å². The molecule has 0 aliphatic heterocycles. The van der Waals surface area contributed by atoms with Gasteiger partial charge in [-0.1, -0.05) is 12.1 Å². The maximum Gasteiger partial charge on any atom is 0.252 e. The molecule has 0 radical (unpaired) electrons. The number of phenols is 1. The smallest absolute Gasteiger partial charge is 0.252 e. The molecule has 2 aromatic heterocycles. The van der Waals surface area contributed by atoms with E-state index < -0.39 is 5.91 Å². The van der Waals surface area contributed by atoms with Gasteiger partial charge in [-0.05, 0) is 12.1 Å². The van der Waals surface area contributed by atoms with Crippen molar-refractivity contribution in [2.75, 3.05) is 0 Å². The van der Waals surface area contributed by atoms with E-state index in [1.807, 2.05) is 0 Å². The first-order chi connectivity index (χ1) is 8.18. The lowest BCUT2D eigenvalue weighted by molar-refractivity contribution is 0.100. The number of hydrogen-bond acceptors (Lipinski definition) is 4. The molecule has 3 rings (SSSR count). The zero-order chi connectivity index (χ0) is 12.0. The van der Waals surface area contributed by atoms with Crippen LogP contribution in [0.1, 0.15) is 10.4 Å². The molecule has 2 heterocycles. The highest BCUT2D eigenvalue weighted by atomic mass is 16.3. The predicted molar refractivity (Wildman–Crippen MR) is 60.7 cm³/mol. The topological polar surface area (TPSA) is 93.5 Å². The molecule has 6 heteroatoms. The Labute approximate surface area is 95.3 Å². The van der Waals surface area contributed by atoms with Crippen LogP contribution in [0.4, 0.5) is 0 Å². The molecule has 0 aliphatic carbocycles. The second kappa shape index (κ2) is 3.18. The lowest BCUT2D eigenvalue weighted by Crippen LogP contribution is -2.13. The van der Waals surface area contributed by atoms with Gasteiger partial charge in [0, 0.05) is 5.39 Å². The van der Waals surface area contributed by atoms with Crippen LogP contribution in [-0.2, 0) is 0 Å². The molecule has 0 saturated heterocycles. The SMILES string of the molecule is NC(=O)c1cc2cccc(O)c2n2cnnc12. The van der Waals surface area contributed by atoms with Crippen LogP contribution in [0.15, 0.2) is 30.6 Å². The van der Waals surface area contributed by atoms with Crippen molar-refractivity contribution in [2.45, 2.75) is 0 Å². The van der Waals surface area contributed by atoms with Gasteiger partial charge < -0.3 is 10.8 Å². The Morgan fingerprint density at radius 3 is 3.00 bits per heavy atom. The van der Waals surface area contributed by atoms with E-state index >= 15 is 0 Å². The highest BCUT2D eigenvalue weighted by molar-refractivity contribution is 6.03. The van der Waals surface area contributed by atoms with Gasteiger partial charge in [0.05, 0.1) is 11.1 Å². The molecule has 17 heavy (non-hydrogen) atoms. The van der Waals surface area contributed by atoms with Gasteiger partial charge in [0.25, 0.3) is 5.91 Å². The van der Waals surface area contributed by atoms with Crippen molar-refractivity contribution in [1.29, 1.82) is 0 Å². The monoisotopic (exact) mass is 228 g/mol. The number of pyridine rings is 1. The number of rotatable bonds is 1. The summed E-state index contributed by atoms with van der Waals surface area (Å²) < 4.78 is 1.55. The van der Waals surface area contributed by atoms with Crippen LogP contribution in [0, 0.1) is 0 Å². The summed E-state index contributed by atoms with van der Waals surface area (Å²) in [5.41, 5.74) is 6.46. The number of fused-ring (bicyclic) bond motifs is 3. The van der Waals surface area contributed by atoms with Gasteiger partial charge in [0.2, 0.25) is 0 Å². The number of nitrogens with zero attached hydrogens (tertiary/aromatic N) is 3. The summed E-state index contributed by atoms with van der Waals surface area (Å²) in [6.07, 6.45) is 1.43. The third-order valence-electron chi connectivity index (χ3n) is 2.64. The number of para-hydroxylation sites is 1. The first-order valence-electron chi connectivity index (χ1n) is 4.92. The molecule has 0 spiro atoms. The molecule has 0 atom stereocenters. The Balaban J connectivity index is 2.61. The lowest BCUT2D eigenvalue weighted by atomic mass is 10.1. The molecule has 1 amide bonds. The third-order valence-corrected chi connectivity index (χ3v) is 2.64. The van der Waals surface area contributed by atoms with Crippen LogP contribution in [-0.4, -0.2) is 25.6 Å². The number of benzene rings is 1. The van der Waals surface area contributed by atoms with Gasteiger partial charge in [-0.25, -0.2) is 0 Å². The molecule has 0 unspecified atom stereocenters. The molecule has 84 valence electrons. The number of carbonyl (C=O) groups is 1. The summed E-state index contributed by atoms with van der Waals surface area (Å²) in [5.74, 6) is -0.475. The van der Waals surface area contributed by atoms with Gasteiger partial charge >= 0.3 is 0 Å². The highest BCUT2D eigenvalue weighted by Crippen LogP contribution is 2.26. The number of nitrogens with two attached hydrogens (primary N) is 1. The van der Waals surface area contributed by atoms with E-state index in [0.717, 1.165) is 0 Å². The molecule has 0 aliphatic rings. The number of carbonyl (C=O) groups excluding carboxylic acids is 1. The van der Waals surface area contributed by atoms with Crippen molar-refractivity contribution in [2.24, 2.45) is 5.73 Å². The fourth-order valence-corrected chi connectivity index (χ4v) is 1.91. The Morgan fingerprint density at radius 2 is 2.24 bits per heavy atom. The number of aromatic nitrogens is 3. The second-order valence-electron chi connectivity index (χ2n) is 3.66. The van der Waals surface area contributed by atoms with Gasteiger partial charge in [0.15, 0.2) is 5.65 Å². The van der Waals surface area contributed by atoms with E-state index in [0.29, 0.717) is 16.6 Å². The Morgan fingerprint density at radius 1 is 1.41 bits per heavy atom. The van der Waals surface area contributed by atoms with E-state index in [4.69, 9.17) is 5.73 Å². The maximum atomic E-state index is 11.3. The molecular formula is C11H8N4O2. The molecule has 0 bridgehead atoms. The average molecular weight is 228 g/mol. The van der Waals surface area contributed by atoms with Gasteiger partial charge in [-0.2, -0.15) is 0 Å². The van der Waals surface area contributed by atoms with Gasteiger partial charge in [-0.3, -0.25) is 9.20 Å². The second-order valence-corrected chi connectivity index (χ2v) is 3.66. The maximum absolute atomic E-state index is 11.3. The van der Waals surface area contributed by atoms with Crippen LogP contribution in [0.25, 0.3) is 16.6 Å². The molecule has 0 saturated carbocycles. The Kier molecular flexibility index (Phi) is 1.79. The average Bonchev–Trinajstić information content (AvgIpc) is 2.76. The van der Waals surface area contributed by atoms with Crippen LogP contribution >= 0.6 is 0 Å². The van der Waals surface area contributed by atoms with Crippen LogP contribution in [0.5, 0.6) is 5.75 Å². The van der Waals surface area contributed by atoms with Crippen LogP contribution < -0.4 is 5.73 Å². The third kappa shape index (κ3) is 1.24. The normalized spacial score (nSPS) is 11.1. The number of primary amides is 1. The summed E-state index contributed by atoms with van der Waals surface area (Å²) in [6.45, 7) is 0. The Bertz CT molecular complexity index is 748. The minimum Gasteiger partial charge on any atom is -0.506 e. The van der Waals surface area contributed by atoms with Crippen molar-refractivity contribution in [3.05, 3.63) is 36.2 Å². The van der Waals surface area contributed by atoms with E-state index in [9.17, 15) is 9.90 Å². The van der Waals surface area contributed by atoms with E-state index in [1.165, 1.54) is 6.33 Å². The first-order valence-corrected chi connectivity index (χ1v) is 4.92. The molecule has 1 aromatic carbocycles. The summed E-state index contributed by atoms with van der Waals surface area (Å²) >= 11 is 0. The molecule has 3 N–H and O–H groups in total. The van der Waals surface area contributed by atoms with E-state index in [2.05, 4.69) is 10.2 Å². The van der Waals surface area contributed by atoms with Crippen molar-refractivity contribution in [3.8, 4) is 5.75 Å². The largest absolute Gasteiger partial charge is 0.506 e. The molecule has 0 fully saturated rings. The summed E-state index contributed by atoms with van der Waals surface area (Å²) in [6, 6.07) is 6.63. The molecule has 6 nitrogen and oxygen atoms in total. The van der Waals surface area contributed by atoms with Crippen LogP contribution in [0.3, 0.4) is 0 Å². The highest BCUT2D eigenvalue weighted by Gasteiger charge is 2.14. The predicted octanol–water partition coefficient (Wildman–Crippen LogP) is 0.687. The van der Waals surface area contributed by atoms with Gasteiger partial charge in [-0.15, -0.1) is 10.2 Å². The van der Waals surface area contributed by atoms with E-state index in [-0.39, 0.29) is 11.3 Å². The van der Waals surface area contributed by atoms with Crippen molar-refractivity contribution in [3.63, 3.8) is 0 Å². The number of hydrogen-bond donors (Lipinski definition) is 2. The zero-order valence-electron chi connectivity index (χ0n) is 8.66.